The van der Waals surface area contributed by atoms with Gasteiger partial charge >= 0.3 is 0 Å². The van der Waals surface area contributed by atoms with Gasteiger partial charge in [-0.15, -0.1) is 0 Å². The van der Waals surface area contributed by atoms with Crippen molar-refractivity contribution in [2.24, 2.45) is 0 Å². The number of nitrogens with one attached hydrogen (secondary N) is 2. The Morgan fingerprint density at radius 3 is 2.77 bits per heavy atom. The third kappa shape index (κ3) is 3.93. The van der Waals surface area contributed by atoms with Crippen LogP contribution in [0.25, 0.3) is 0 Å². The molecule has 4 heteroatoms. The highest BCUT2D eigenvalue weighted by Crippen LogP contribution is 2.28. The predicted molar refractivity (Wildman–Crippen MR) is 91.9 cm³/mol. The Labute approximate surface area is 136 Å². The molecule has 0 saturated carbocycles. The molecule has 0 aromatic heterocycles. The molecule has 3 rings (SSSR count). The maximum Gasteiger partial charge on any atom is 0.142 e. The second-order valence-electron chi connectivity index (χ2n) is 5.72. The Morgan fingerprint density at radius 1 is 1.18 bits per heavy atom. The summed E-state index contributed by atoms with van der Waals surface area (Å²) >= 11 is 5.90. The molecule has 1 heterocycles. The number of anilines is 1. The molecule has 1 aliphatic heterocycles. The molecule has 0 spiro atoms. The van der Waals surface area contributed by atoms with Crippen molar-refractivity contribution >= 4 is 17.3 Å². The number of hydrogen-bond acceptors (Lipinski definition) is 3. The summed E-state index contributed by atoms with van der Waals surface area (Å²) in [5, 5.41) is 7.71. The fraction of sp³-hybridized carbons (Fsp3) is 0.333. The van der Waals surface area contributed by atoms with Gasteiger partial charge in [-0.1, -0.05) is 29.8 Å². The minimum absolute atomic E-state index is 0.401. The number of rotatable bonds is 5. The van der Waals surface area contributed by atoms with Crippen molar-refractivity contribution in [2.45, 2.75) is 25.9 Å². The van der Waals surface area contributed by atoms with Crippen molar-refractivity contribution in [1.82, 2.24) is 5.32 Å². The van der Waals surface area contributed by atoms with Gasteiger partial charge in [-0.2, -0.15) is 0 Å². The van der Waals surface area contributed by atoms with E-state index in [1.54, 1.807) is 0 Å². The summed E-state index contributed by atoms with van der Waals surface area (Å²) in [5.74, 6) is 0.955. The summed E-state index contributed by atoms with van der Waals surface area (Å²) in [7, 11) is 0. The Morgan fingerprint density at radius 2 is 1.95 bits per heavy atom. The lowest BCUT2D eigenvalue weighted by molar-refractivity contribution is 0.323. The van der Waals surface area contributed by atoms with E-state index in [0.717, 1.165) is 42.6 Å². The molecule has 1 aliphatic rings. The summed E-state index contributed by atoms with van der Waals surface area (Å²) in [6.07, 6.45) is 0.989. The molecule has 22 heavy (non-hydrogen) atoms. The number of fused-ring (bicyclic) bond motifs is 1. The SMILES string of the molecule is CC(Cc1ccc2c(c1)NCCO2)NCc1ccc(Cl)cc1. The zero-order valence-electron chi connectivity index (χ0n) is 12.7. The van der Waals surface area contributed by atoms with Gasteiger partial charge < -0.3 is 15.4 Å². The maximum atomic E-state index is 5.90. The first kappa shape index (κ1) is 15.2. The third-order valence-electron chi connectivity index (χ3n) is 3.83. The average molecular weight is 317 g/mol. The number of hydrogen-bond donors (Lipinski definition) is 2. The zero-order valence-corrected chi connectivity index (χ0v) is 13.5. The van der Waals surface area contributed by atoms with E-state index >= 15 is 0 Å². The monoisotopic (exact) mass is 316 g/mol. The van der Waals surface area contributed by atoms with E-state index in [2.05, 4.69) is 47.9 Å². The molecule has 2 aromatic carbocycles. The summed E-state index contributed by atoms with van der Waals surface area (Å²) in [5.41, 5.74) is 3.67. The second kappa shape index (κ2) is 7.03. The highest BCUT2D eigenvalue weighted by molar-refractivity contribution is 6.30. The van der Waals surface area contributed by atoms with Crippen LogP contribution >= 0.6 is 11.6 Å². The van der Waals surface area contributed by atoms with Crippen LogP contribution in [0.4, 0.5) is 5.69 Å². The molecule has 0 fully saturated rings. The zero-order chi connectivity index (χ0) is 15.4. The minimum atomic E-state index is 0.401. The first-order chi connectivity index (χ1) is 10.7. The summed E-state index contributed by atoms with van der Waals surface area (Å²) < 4.78 is 5.61. The largest absolute Gasteiger partial charge is 0.490 e. The molecular weight excluding hydrogens is 296 g/mol. The van der Waals surface area contributed by atoms with Crippen LogP contribution in [0.5, 0.6) is 5.75 Å². The quantitative estimate of drug-likeness (QED) is 0.878. The molecule has 0 amide bonds. The molecule has 3 nitrogen and oxygen atoms in total. The Bertz CT molecular complexity index is 627. The lowest BCUT2D eigenvalue weighted by Gasteiger charge is -2.21. The Hall–Kier alpha value is -1.71. The predicted octanol–water partition coefficient (Wildman–Crippen LogP) is 3.87. The van der Waals surface area contributed by atoms with Gasteiger partial charge in [-0.05, 0) is 48.7 Å². The molecule has 0 bridgehead atoms. The third-order valence-corrected chi connectivity index (χ3v) is 4.08. The van der Waals surface area contributed by atoms with Crippen LogP contribution in [0.15, 0.2) is 42.5 Å². The lowest BCUT2D eigenvalue weighted by Crippen LogP contribution is -2.27. The summed E-state index contributed by atoms with van der Waals surface area (Å²) in [6.45, 7) is 4.68. The normalized spacial score (nSPS) is 14.6. The minimum Gasteiger partial charge on any atom is -0.490 e. The Balaban J connectivity index is 1.55. The van der Waals surface area contributed by atoms with Gasteiger partial charge in [-0.3, -0.25) is 0 Å². The smallest absolute Gasteiger partial charge is 0.142 e. The van der Waals surface area contributed by atoms with Crippen molar-refractivity contribution in [1.29, 1.82) is 0 Å². The van der Waals surface area contributed by atoms with Crippen molar-refractivity contribution in [3.8, 4) is 5.75 Å². The van der Waals surface area contributed by atoms with Gasteiger partial charge in [0.1, 0.15) is 12.4 Å². The lowest BCUT2D eigenvalue weighted by atomic mass is 10.1. The topological polar surface area (TPSA) is 33.3 Å². The highest BCUT2D eigenvalue weighted by Gasteiger charge is 2.11. The van der Waals surface area contributed by atoms with Crippen molar-refractivity contribution in [2.75, 3.05) is 18.5 Å². The van der Waals surface area contributed by atoms with E-state index in [4.69, 9.17) is 16.3 Å². The van der Waals surface area contributed by atoms with Crippen molar-refractivity contribution in [3.05, 3.63) is 58.6 Å². The molecule has 0 aliphatic carbocycles. The first-order valence-electron chi connectivity index (χ1n) is 7.68. The van der Waals surface area contributed by atoms with Crippen LogP contribution in [-0.4, -0.2) is 19.2 Å². The van der Waals surface area contributed by atoms with Gasteiger partial charge in [-0.25, -0.2) is 0 Å². The number of halogens is 1. The van der Waals surface area contributed by atoms with Gasteiger partial charge in [0.05, 0.1) is 5.69 Å². The van der Waals surface area contributed by atoms with E-state index in [9.17, 15) is 0 Å². The van der Waals surface area contributed by atoms with Gasteiger partial charge in [0.2, 0.25) is 0 Å². The molecule has 0 saturated heterocycles. The average Bonchev–Trinajstić information content (AvgIpc) is 2.54. The van der Waals surface area contributed by atoms with Crippen LogP contribution in [0.1, 0.15) is 18.1 Å². The number of ether oxygens (including phenoxy) is 1. The molecular formula is C18H21ClN2O. The molecule has 116 valence electrons. The molecule has 2 aromatic rings. The molecule has 1 unspecified atom stereocenters. The van der Waals surface area contributed by atoms with Gasteiger partial charge in [0, 0.05) is 24.2 Å². The summed E-state index contributed by atoms with van der Waals surface area (Å²) in [6, 6.07) is 14.8. The van der Waals surface area contributed by atoms with Crippen LogP contribution < -0.4 is 15.4 Å². The standard InChI is InChI=1S/C18H21ClN2O/c1-13(21-12-14-2-5-16(19)6-3-14)10-15-4-7-18-17(11-15)20-8-9-22-18/h2-7,11,13,20-21H,8-10,12H2,1H3. The van der Waals surface area contributed by atoms with E-state index in [1.165, 1.54) is 11.1 Å². The fourth-order valence-corrected chi connectivity index (χ4v) is 2.76. The molecule has 0 radical (unpaired) electrons. The van der Waals surface area contributed by atoms with Crippen molar-refractivity contribution in [3.63, 3.8) is 0 Å². The van der Waals surface area contributed by atoms with Crippen LogP contribution in [-0.2, 0) is 13.0 Å². The molecule has 1 atom stereocenters. The molecule has 2 N–H and O–H groups in total. The maximum absolute atomic E-state index is 5.90. The second-order valence-corrected chi connectivity index (χ2v) is 6.15. The van der Waals surface area contributed by atoms with Crippen LogP contribution in [0.3, 0.4) is 0 Å². The van der Waals surface area contributed by atoms with E-state index in [-0.39, 0.29) is 0 Å². The van der Waals surface area contributed by atoms with Crippen LogP contribution in [0, 0.1) is 0 Å². The van der Waals surface area contributed by atoms with Crippen molar-refractivity contribution < 1.29 is 4.74 Å². The Kier molecular flexibility index (Phi) is 4.86. The van der Waals surface area contributed by atoms with Gasteiger partial charge in [0.25, 0.3) is 0 Å². The van der Waals surface area contributed by atoms with E-state index < -0.39 is 0 Å². The van der Waals surface area contributed by atoms with E-state index in [1.807, 2.05) is 12.1 Å². The van der Waals surface area contributed by atoms with Crippen LogP contribution in [0.2, 0.25) is 5.02 Å². The van der Waals surface area contributed by atoms with E-state index in [0.29, 0.717) is 6.04 Å². The first-order valence-corrected chi connectivity index (χ1v) is 8.06. The van der Waals surface area contributed by atoms with Gasteiger partial charge in [0.15, 0.2) is 0 Å². The summed E-state index contributed by atoms with van der Waals surface area (Å²) in [4.78, 5) is 0. The number of benzene rings is 2. The fourth-order valence-electron chi connectivity index (χ4n) is 2.63. The highest BCUT2D eigenvalue weighted by atomic mass is 35.5.